The quantitative estimate of drug-likeness (QED) is 0.830. The van der Waals surface area contributed by atoms with Crippen LogP contribution >= 0.6 is 11.6 Å². The summed E-state index contributed by atoms with van der Waals surface area (Å²) in [6, 6.07) is 2.71. The summed E-state index contributed by atoms with van der Waals surface area (Å²) in [5.74, 6) is -1.68. The van der Waals surface area contributed by atoms with Crippen LogP contribution in [0.15, 0.2) is 18.2 Å². The van der Waals surface area contributed by atoms with Crippen LogP contribution in [0.25, 0.3) is 0 Å². The average molecular weight is 262 g/mol. The number of carbonyl (C=O) groups excluding carboxylic acids is 1. The molecule has 1 aromatic carbocycles. The summed E-state index contributed by atoms with van der Waals surface area (Å²) in [6.45, 7) is 4.10. The molecule has 0 saturated carbocycles. The number of carbonyl (C=O) groups is 1. The minimum absolute atomic E-state index is 0.0344. The highest BCUT2D eigenvalue weighted by atomic mass is 35.5. The molecule has 0 aliphatic rings. The third-order valence-electron chi connectivity index (χ3n) is 2.21. The zero-order valence-corrected chi connectivity index (χ0v) is 10.4. The van der Waals surface area contributed by atoms with Crippen molar-refractivity contribution in [2.75, 3.05) is 12.4 Å². The first-order valence-electron chi connectivity index (χ1n) is 5.14. The molecule has 0 atom stereocenters. The van der Waals surface area contributed by atoms with Crippen LogP contribution in [-0.2, 0) is 0 Å². The summed E-state index contributed by atoms with van der Waals surface area (Å²) >= 11 is 5.70. The number of nitrogens with one attached hydrogen (secondary N) is 1. The van der Waals surface area contributed by atoms with Gasteiger partial charge in [0.15, 0.2) is 0 Å². The summed E-state index contributed by atoms with van der Waals surface area (Å²) < 4.78 is 25.8. The molecule has 0 bridgehead atoms. The molecular weight excluding hydrogens is 248 g/mol. The van der Waals surface area contributed by atoms with Crippen molar-refractivity contribution in [1.29, 1.82) is 0 Å². The van der Waals surface area contributed by atoms with Crippen LogP contribution in [0.1, 0.15) is 24.2 Å². The summed E-state index contributed by atoms with van der Waals surface area (Å²) in [5, 5.41) is 2.59. The number of halogens is 3. The second kappa shape index (κ2) is 5.45. The van der Waals surface area contributed by atoms with E-state index in [4.69, 9.17) is 11.6 Å². The fraction of sp³-hybridized carbons (Fsp3) is 0.417. The summed E-state index contributed by atoms with van der Waals surface area (Å²) in [4.78, 5) is 11.6. The first-order valence-corrected chi connectivity index (χ1v) is 5.68. The third kappa shape index (κ3) is 4.30. The van der Waals surface area contributed by atoms with Gasteiger partial charge in [0.25, 0.3) is 5.91 Å². The average Bonchev–Trinajstić information content (AvgIpc) is 2.24. The zero-order chi connectivity index (χ0) is 13.1. The van der Waals surface area contributed by atoms with E-state index in [9.17, 15) is 13.6 Å². The van der Waals surface area contributed by atoms with Crippen molar-refractivity contribution in [3.8, 4) is 0 Å². The summed E-state index contributed by atoms with van der Waals surface area (Å²) in [5.41, 5.74) is -0.295. The molecule has 2 nitrogen and oxygen atoms in total. The number of alkyl halides is 1. The predicted octanol–water partition coefficient (Wildman–Crippen LogP) is 2.96. The predicted molar refractivity (Wildman–Crippen MR) is 63.2 cm³/mol. The van der Waals surface area contributed by atoms with Gasteiger partial charge in [-0.05, 0) is 17.5 Å². The molecular formula is C12H14ClF2NO. The normalized spacial score (nSPS) is 11.4. The molecule has 1 rings (SSSR count). The highest BCUT2D eigenvalue weighted by molar-refractivity contribution is 6.18. The van der Waals surface area contributed by atoms with Crippen molar-refractivity contribution in [2.45, 2.75) is 13.8 Å². The van der Waals surface area contributed by atoms with Crippen LogP contribution in [-0.4, -0.2) is 18.3 Å². The Bertz CT molecular complexity index is 401. The maximum atomic E-state index is 12.9. The molecule has 0 radical (unpaired) electrons. The third-order valence-corrected chi connectivity index (χ3v) is 2.94. The highest BCUT2D eigenvalue weighted by Crippen LogP contribution is 2.15. The van der Waals surface area contributed by atoms with E-state index in [1.54, 1.807) is 0 Å². The fourth-order valence-electron chi connectivity index (χ4n) is 1.15. The molecule has 0 spiro atoms. The Balaban J connectivity index is 2.70. The van der Waals surface area contributed by atoms with E-state index in [2.05, 4.69) is 5.32 Å². The SMILES string of the molecule is CC(C)(CCl)CNC(=O)c1cc(F)cc(F)c1. The lowest BCUT2D eigenvalue weighted by atomic mass is 9.96. The van der Waals surface area contributed by atoms with Crippen molar-refractivity contribution in [3.05, 3.63) is 35.4 Å². The fourth-order valence-corrected chi connectivity index (χ4v) is 1.25. The number of benzene rings is 1. The van der Waals surface area contributed by atoms with Crippen LogP contribution in [0.3, 0.4) is 0 Å². The van der Waals surface area contributed by atoms with Gasteiger partial charge in [-0.2, -0.15) is 0 Å². The minimum atomic E-state index is -0.772. The van der Waals surface area contributed by atoms with E-state index in [1.165, 1.54) is 0 Å². The smallest absolute Gasteiger partial charge is 0.251 e. The van der Waals surface area contributed by atoms with E-state index in [0.717, 1.165) is 18.2 Å². The van der Waals surface area contributed by atoms with Crippen molar-refractivity contribution in [1.82, 2.24) is 5.32 Å². The maximum Gasteiger partial charge on any atom is 0.251 e. The van der Waals surface area contributed by atoms with E-state index in [0.29, 0.717) is 12.4 Å². The molecule has 0 unspecified atom stereocenters. The first kappa shape index (κ1) is 13.9. The Labute approximate surface area is 104 Å². The van der Waals surface area contributed by atoms with Gasteiger partial charge < -0.3 is 5.32 Å². The van der Waals surface area contributed by atoms with Crippen molar-refractivity contribution >= 4 is 17.5 Å². The Morgan fingerprint density at radius 3 is 2.29 bits per heavy atom. The molecule has 0 saturated heterocycles. The second-order valence-electron chi connectivity index (χ2n) is 4.64. The standard InChI is InChI=1S/C12H14ClF2NO/c1-12(2,6-13)7-16-11(17)8-3-9(14)5-10(15)4-8/h3-5H,6-7H2,1-2H3,(H,16,17). The summed E-state index contributed by atoms with van der Waals surface area (Å²) in [6.07, 6.45) is 0. The van der Waals surface area contributed by atoms with Gasteiger partial charge in [-0.25, -0.2) is 8.78 Å². The van der Waals surface area contributed by atoms with E-state index in [1.807, 2.05) is 13.8 Å². The van der Waals surface area contributed by atoms with Gasteiger partial charge in [0.05, 0.1) is 0 Å². The van der Waals surface area contributed by atoms with Gasteiger partial charge >= 0.3 is 0 Å². The molecule has 1 N–H and O–H groups in total. The molecule has 1 aromatic rings. The maximum absolute atomic E-state index is 12.9. The molecule has 1 amide bonds. The molecule has 0 aliphatic heterocycles. The molecule has 0 heterocycles. The zero-order valence-electron chi connectivity index (χ0n) is 9.69. The minimum Gasteiger partial charge on any atom is -0.351 e. The Hall–Kier alpha value is -1.16. The highest BCUT2D eigenvalue weighted by Gasteiger charge is 2.18. The number of rotatable bonds is 4. The van der Waals surface area contributed by atoms with Crippen LogP contribution in [0, 0.1) is 17.0 Å². The Kier molecular flexibility index (Phi) is 4.46. The molecule has 5 heteroatoms. The van der Waals surface area contributed by atoms with Crippen molar-refractivity contribution in [2.24, 2.45) is 5.41 Å². The topological polar surface area (TPSA) is 29.1 Å². The first-order chi connectivity index (χ1) is 7.84. The molecule has 94 valence electrons. The molecule has 17 heavy (non-hydrogen) atoms. The van der Waals surface area contributed by atoms with Gasteiger partial charge in [-0.15, -0.1) is 11.6 Å². The van der Waals surface area contributed by atoms with Gasteiger partial charge in [0, 0.05) is 24.1 Å². The van der Waals surface area contributed by atoms with Gasteiger partial charge in [-0.1, -0.05) is 13.8 Å². The Morgan fingerprint density at radius 2 is 1.82 bits per heavy atom. The monoisotopic (exact) mass is 261 g/mol. The van der Waals surface area contributed by atoms with Crippen LogP contribution in [0.2, 0.25) is 0 Å². The molecule has 0 aliphatic carbocycles. The van der Waals surface area contributed by atoms with Gasteiger partial charge in [-0.3, -0.25) is 4.79 Å². The van der Waals surface area contributed by atoms with E-state index in [-0.39, 0.29) is 11.0 Å². The number of hydrogen-bond donors (Lipinski definition) is 1. The van der Waals surface area contributed by atoms with Gasteiger partial charge in [0.2, 0.25) is 0 Å². The van der Waals surface area contributed by atoms with Crippen molar-refractivity contribution in [3.63, 3.8) is 0 Å². The lowest BCUT2D eigenvalue weighted by molar-refractivity contribution is 0.0939. The number of hydrogen-bond acceptors (Lipinski definition) is 1. The molecule has 0 fully saturated rings. The second-order valence-corrected chi connectivity index (χ2v) is 4.91. The summed E-state index contributed by atoms with van der Waals surface area (Å²) in [7, 11) is 0. The van der Waals surface area contributed by atoms with Crippen molar-refractivity contribution < 1.29 is 13.6 Å². The Morgan fingerprint density at radius 1 is 1.29 bits per heavy atom. The molecule has 0 aromatic heterocycles. The lowest BCUT2D eigenvalue weighted by Gasteiger charge is -2.21. The van der Waals surface area contributed by atoms with E-state index < -0.39 is 17.5 Å². The van der Waals surface area contributed by atoms with Crippen LogP contribution in [0.5, 0.6) is 0 Å². The largest absolute Gasteiger partial charge is 0.351 e. The van der Waals surface area contributed by atoms with Crippen LogP contribution in [0.4, 0.5) is 8.78 Å². The van der Waals surface area contributed by atoms with Crippen LogP contribution < -0.4 is 5.32 Å². The van der Waals surface area contributed by atoms with E-state index >= 15 is 0 Å². The van der Waals surface area contributed by atoms with Gasteiger partial charge in [0.1, 0.15) is 11.6 Å². The number of amides is 1. The lowest BCUT2D eigenvalue weighted by Crippen LogP contribution is -2.35.